The molecule has 0 unspecified atom stereocenters. The Kier molecular flexibility index (Phi) is 84.4. The first-order valence-corrected chi connectivity index (χ1v) is 3.67. The van der Waals surface area contributed by atoms with Crippen molar-refractivity contribution in [2.75, 3.05) is 0 Å². The number of halogens is 2. The van der Waals surface area contributed by atoms with Crippen molar-refractivity contribution in [2.24, 2.45) is 0 Å². The van der Waals surface area contributed by atoms with Crippen molar-refractivity contribution in [3.63, 3.8) is 0 Å². The molecule has 1 aromatic rings. The molecule has 0 nitrogen and oxygen atoms in total. The third-order valence-electron chi connectivity index (χ3n) is 1.25. The van der Waals surface area contributed by atoms with E-state index in [1.54, 1.807) is 13.8 Å². The molecule has 0 aromatic heterocycles. The molecule has 8 radical (unpaired) electrons. The fraction of sp³-hybridized carbons (Fsp3) is 0.250. The number of benzene rings is 1. The molecule has 0 aliphatic rings. The average Bonchev–Trinajstić information content (AvgIpc) is 1.82. The number of hydrogen-bond donors (Lipinski definition) is 0. The van der Waals surface area contributed by atoms with Crippen molar-refractivity contribution < 1.29 is 266 Å². The summed E-state index contributed by atoms with van der Waals surface area (Å²) in [6, 6.07) is 5.53. The van der Waals surface area contributed by atoms with Crippen LogP contribution < -0.4 is 0 Å². The van der Waals surface area contributed by atoms with Crippen LogP contribution in [-0.2, 0) is 262 Å². The van der Waals surface area contributed by atoms with Gasteiger partial charge < -0.3 is 16.5 Å². The first-order chi connectivity index (χ1) is 4.61. The number of hydrogen-bond acceptors (Lipinski definition) is 0. The summed E-state index contributed by atoms with van der Waals surface area (Å²) in [7, 11) is 0. The van der Waals surface area contributed by atoms with Crippen LogP contribution in [0.15, 0.2) is 4.47 Å². The zero-order chi connectivity index (χ0) is 7.72. The molecule has 0 spiro atoms. The Balaban J connectivity index is -0.0000000208. The summed E-state index contributed by atoms with van der Waals surface area (Å²) < 4.78 is 13.5. The normalized spacial score (nSPS) is 5.56. The van der Waals surface area contributed by atoms with E-state index in [2.05, 4.69) is 28.1 Å². The molecule has 0 aliphatic carbocycles. The average molecular weight is 912 g/mol. The van der Waals surface area contributed by atoms with Gasteiger partial charge in [0.05, 0.1) is 0 Å². The number of aryl methyl sites for hydroxylation is 2. The van der Waals surface area contributed by atoms with Crippen LogP contribution in [0.5, 0.6) is 0 Å². The molecule has 0 fully saturated rings. The van der Waals surface area contributed by atoms with Gasteiger partial charge in [0, 0.05) is 262 Å². The first kappa shape index (κ1) is 50.3. The van der Waals surface area contributed by atoms with Gasteiger partial charge in [0.15, 0.2) is 0 Å². The van der Waals surface area contributed by atoms with Crippen LogP contribution in [-0.4, -0.2) is 0 Å². The molecule has 0 saturated heterocycles. The van der Waals surface area contributed by atoms with E-state index in [0.717, 1.165) is 0 Å². The van der Waals surface area contributed by atoms with E-state index >= 15 is 0 Å². The predicted octanol–water partition coefficient (Wildman–Crippen LogP) is 2.79. The minimum Gasteiger partial charge on any atom is -0.358 e. The van der Waals surface area contributed by atoms with Gasteiger partial charge in [-0.3, -0.25) is 11.1 Å². The van der Waals surface area contributed by atoms with Gasteiger partial charge >= 0.3 is 0 Å². The Morgan fingerprint density at radius 2 is 0.944 bits per heavy atom. The third-order valence-corrected chi connectivity index (χ3v) is 1.65. The maximum Gasteiger partial charge on any atom is 0 e. The summed E-state index contributed by atoms with van der Waals surface area (Å²) >= 11 is 3.17. The molecule has 0 bridgehead atoms. The van der Waals surface area contributed by atoms with E-state index in [-0.39, 0.29) is 267 Å². The Morgan fingerprint density at radius 1 is 0.722 bits per heavy atom. The van der Waals surface area contributed by atoms with Crippen molar-refractivity contribution in [1.82, 2.24) is 0 Å². The SMILES string of the molecule is Cc1[c-]c(Br)[c-]c(C)c1F.[Y].[Y].[Y].[Y].[Y].[Y].[Y].[Y]. The monoisotopic (exact) mass is 911 g/mol. The molecule has 0 amide bonds. The largest absolute Gasteiger partial charge is 0.358 e. The molecular formula is C8H6BrFY8-2. The van der Waals surface area contributed by atoms with Gasteiger partial charge in [-0.2, -0.15) is 0 Å². The van der Waals surface area contributed by atoms with E-state index in [1.165, 1.54) is 0 Å². The Bertz CT molecular complexity index is 250. The second-order valence-corrected chi connectivity index (χ2v) is 2.92. The van der Waals surface area contributed by atoms with Crippen molar-refractivity contribution in [1.29, 1.82) is 0 Å². The molecule has 10 heteroatoms. The summed E-state index contributed by atoms with van der Waals surface area (Å²) in [5, 5.41) is 0. The van der Waals surface area contributed by atoms with Crippen LogP contribution in [0.4, 0.5) is 4.39 Å². The minimum atomic E-state index is -0.219. The van der Waals surface area contributed by atoms with Crippen LogP contribution in [0.25, 0.3) is 0 Å². The van der Waals surface area contributed by atoms with Gasteiger partial charge in [0.1, 0.15) is 0 Å². The summed E-state index contributed by atoms with van der Waals surface area (Å²) in [5.74, 6) is -0.219. The number of rotatable bonds is 0. The smallest absolute Gasteiger partial charge is 0 e. The van der Waals surface area contributed by atoms with Gasteiger partial charge in [-0.05, 0) is 0 Å². The summed E-state index contributed by atoms with van der Waals surface area (Å²) in [6.45, 7) is 3.36. The first-order valence-electron chi connectivity index (χ1n) is 2.88. The maximum absolute atomic E-state index is 12.8. The standard InChI is InChI=1S/C8H6BrF.8Y/c1-5-3-7(9)4-6(2)8(5)10;;;;;;;;/h1-2H3;;;;;;;;/q-2;;;;;;;;. The zero-order valence-corrected chi connectivity index (χ0v) is 34.7. The Labute approximate surface area is 319 Å². The molecule has 18 heavy (non-hydrogen) atoms. The molecular weight excluding hydrogens is 906 g/mol. The Hall–Kier alpha value is 8.46. The minimum absolute atomic E-state index is 0. The molecule has 1 aromatic carbocycles. The molecule has 1 rings (SSSR count). The van der Waals surface area contributed by atoms with Crippen LogP contribution >= 0.6 is 15.9 Å². The fourth-order valence-corrected chi connectivity index (χ4v) is 1.35. The maximum atomic E-state index is 12.8. The Morgan fingerprint density at radius 3 is 1.17 bits per heavy atom. The molecule has 0 aliphatic heterocycles. The van der Waals surface area contributed by atoms with Crippen molar-refractivity contribution in [3.05, 3.63) is 33.5 Å². The fourth-order valence-electron chi connectivity index (χ4n) is 0.751. The van der Waals surface area contributed by atoms with Crippen LogP contribution in [0.2, 0.25) is 0 Å². The van der Waals surface area contributed by atoms with Gasteiger partial charge in [-0.1, -0.05) is 13.8 Å². The van der Waals surface area contributed by atoms with Crippen LogP contribution in [0, 0.1) is 31.8 Å². The van der Waals surface area contributed by atoms with Crippen LogP contribution in [0.1, 0.15) is 11.1 Å². The van der Waals surface area contributed by atoms with E-state index < -0.39 is 0 Å². The molecule has 0 N–H and O–H groups in total. The second-order valence-electron chi connectivity index (χ2n) is 2.13. The molecule has 0 atom stereocenters. The van der Waals surface area contributed by atoms with Crippen molar-refractivity contribution in [3.8, 4) is 0 Å². The summed E-state index contributed by atoms with van der Waals surface area (Å²) in [5.41, 5.74) is 1.06. The van der Waals surface area contributed by atoms with E-state index in [9.17, 15) is 4.39 Å². The summed E-state index contributed by atoms with van der Waals surface area (Å²) in [4.78, 5) is 0. The van der Waals surface area contributed by atoms with Crippen molar-refractivity contribution >= 4 is 15.9 Å². The second kappa shape index (κ2) is 30.2. The van der Waals surface area contributed by atoms with E-state index in [1.807, 2.05) is 0 Å². The summed E-state index contributed by atoms with van der Waals surface area (Å²) in [6.07, 6.45) is 0. The topological polar surface area (TPSA) is 0 Å². The van der Waals surface area contributed by atoms with Gasteiger partial charge in [0.2, 0.25) is 0 Å². The van der Waals surface area contributed by atoms with Gasteiger partial charge in [-0.25, -0.2) is 4.47 Å². The van der Waals surface area contributed by atoms with E-state index in [4.69, 9.17) is 0 Å². The zero-order valence-electron chi connectivity index (χ0n) is 10.4. The van der Waals surface area contributed by atoms with Crippen molar-refractivity contribution in [2.45, 2.75) is 13.8 Å². The van der Waals surface area contributed by atoms with E-state index in [0.29, 0.717) is 15.6 Å². The quantitative estimate of drug-likeness (QED) is 0.352. The molecule has 0 heterocycles. The van der Waals surface area contributed by atoms with Crippen LogP contribution in [0.3, 0.4) is 0 Å². The molecule has 0 saturated carbocycles. The predicted molar refractivity (Wildman–Crippen MR) is 41.2 cm³/mol. The van der Waals surface area contributed by atoms with Gasteiger partial charge in [-0.15, -0.1) is 21.7 Å². The van der Waals surface area contributed by atoms with Gasteiger partial charge in [0.25, 0.3) is 0 Å². The molecule has 78 valence electrons. The third kappa shape index (κ3) is 22.5.